The highest BCUT2D eigenvalue weighted by Crippen LogP contribution is 2.37. The number of aliphatic hydroxyl groups is 1. The number of hydrogen-bond donors (Lipinski definition) is 1. The summed E-state index contributed by atoms with van der Waals surface area (Å²) < 4.78 is 29.0. The van der Waals surface area contributed by atoms with Crippen LogP contribution >= 0.6 is 0 Å². The lowest BCUT2D eigenvalue weighted by molar-refractivity contribution is -0.281. The first kappa shape index (κ1) is 18.5. The first-order valence-electron chi connectivity index (χ1n) is 8.53. The van der Waals surface area contributed by atoms with Gasteiger partial charge in [0.1, 0.15) is 24.4 Å². The number of aliphatic hydroxyl groups excluding tert-OH is 1. The van der Waals surface area contributed by atoms with Gasteiger partial charge in [0.05, 0.1) is 19.8 Å². The Balaban J connectivity index is 1.64. The molecule has 2 saturated heterocycles. The van der Waals surface area contributed by atoms with E-state index in [9.17, 15) is 5.11 Å². The molecule has 25 heavy (non-hydrogen) atoms. The van der Waals surface area contributed by atoms with E-state index in [0.717, 1.165) is 5.56 Å². The maximum absolute atomic E-state index is 10.5. The maximum Gasteiger partial charge on any atom is 0.187 e. The Morgan fingerprint density at radius 2 is 1.92 bits per heavy atom. The molecular formula is C19H26O6. The van der Waals surface area contributed by atoms with Crippen LogP contribution in [-0.4, -0.2) is 54.8 Å². The third-order valence-electron chi connectivity index (χ3n) is 4.23. The molecule has 0 unspecified atom stereocenters. The predicted molar refractivity (Wildman–Crippen MR) is 90.7 cm³/mol. The molecule has 2 fully saturated rings. The molecule has 3 rings (SSSR count). The van der Waals surface area contributed by atoms with Crippen molar-refractivity contribution in [2.24, 2.45) is 0 Å². The van der Waals surface area contributed by atoms with Crippen molar-refractivity contribution in [2.45, 2.75) is 56.9 Å². The second-order valence-electron chi connectivity index (χ2n) is 6.72. The second kappa shape index (κ2) is 7.95. The highest BCUT2D eigenvalue weighted by molar-refractivity contribution is 5.13. The summed E-state index contributed by atoms with van der Waals surface area (Å²) in [5.74, 6) is -0.787. The van der Waals surface area contributed by atoms with E-state index >= 15 is 0 Å². The summed E-state index contributed by atoms with van der Waals surface area (Å²) in [7, 11) is 0. The summed E-state index contributed by atoms with van der Waals surface area (Å²) in [6, 6.07) is 9.91. The van der Waals surface area contributed by atoms with Gasteiger partial charge in [0, 0.05) is 0 Å². The quantitative estimate of drug-likeness (QED) is 0.759. The summed E-state index contributed by atoms with van der Waals surface area (Å²) in [5.41, 5.74) is 1.08. The number of benzene rings is 1. The molecule has 6 heteroatoms. The van der Waals surface area contributed by atoms with Gasteiger partial charge in [0.2, 0.25) is 0 Å². The van der Waals surface area contributed by atoms with Crippen molar-refractivity contribution in [1.82, 2.24) is 0 Å². The third-order valence-corrected chi connectivity index (χ3v) is 4.23. The lowest BCUT2D eigenvalue weighted by atomic mass is 9.99. The van der Waals surface area contributed by atoms with Gasteiger partial charge in [-0.15, -0.1) is 6.58 Å². The highest BCUT2D eigenvalue weighted by atomic mass is 16.8. The molecule has 0 saturated carbocycles. The minimum atomic E-state index is -0.933. The van der Waals surface area contributed by atoms with Gasteiger partial charge in [0.15, 0.2) is 12.1 Å². The molecule has 138 valence electrons. The van der Waals surface area contributed by atoms with E-state index in [1.54, 1.807) is 6.08 Å². The van der Waals surface area contributed by atoms with Gasteiger partial charge in [-0.3, -0.25) is 0 Å². The third kappa shape index (κ3) is 4.47. The lowest BCUT2D eigenvalue weighted by Gasteiger charge is -2.39. The zero-order chi connectivity index (χ0) is 17.9. The highest BCUT2D eigenvalue weighted by Gasteiger charge is 2.55. The van der Waals surface area contributed by atoms with Gasteiger partial charge < -0.3 is 28.8 Å². The van der Waals surface area contributed by atoms with Crippen molar-refractivity contribution >= 4 is 0 Å². The van der Waals surface area contributed by atoms with Crippen LogP contribution in [0.15, 0.2) is 43.0 Å². The van der Waals surface area contributed by atoms with E-state index < -0.39 is 36.5 Å². The smallest absolute Gasteiger partial charge is 0.187 e. The van der Waals surface area contributed by atoms with Crippen molar-refractivity contribution in [3.05, 3.63) is 48.6 Å². The minimum Gasteiger partial charge on any atom is -0.385 e. The first-order valence-corrected chi connectivity index (χ1v) is 8.53. The van der Waals surface area contributed by atoms with Crippen molar-refractivity contribution in [1.29, 1.82) is 0 Å². The summed E-state index contributed by atoms with van der Waals surface area (Å²) in [6.07, 6.45) is -1.46. The molecule has 1 N–H and O–H groups in total. The average molecular weight is 350 g/mol. The van der Waals surface area contributed by atoms with Crippen LogP contribution in [0.4, 0.5) is 0 Å². The van der Waals surface area contributed by atoms with Gasteiger partial charge in [-0.2, -0.15) is 0 Å². The lowest BCUT2D eigenvalue weighted by Crippen LogP contribution is -2.58. The van der Waals surface area contributed by atoms with E-state index in [0.29, 0.717) is 13.2 Å². The molecule has 2 heterocycles. The summed E-state index contributed by atoms with van der Waals surface area (Å²) in [5, 5.41) is 10.5. The number of ether oxygens (including phenoxy) is 5. The minimum absolute atomic E-state index is 0.279. The Kier molecular flexibility index (Phi) is 5.89. The van der Waals surface area contributed by atoms with Crippen LogP contribution in [0.1, 0.15) is 19.4 Å². The molecule has 5 atom stereocenters. The Bertz CT molecular complexity index is 560. The monoisotopic (exact) mass is 350 g/mol. The predicted octanol–water partition coefficient (Wildman–Crippen LogP) is 2.01. The van der Waals surface area contributed by atoms with E-state index in [1.807, 2.05) is 44.2 Å². The largest absolute Gasteiger partial charge is 0.385 e. The van der Waals surface area contributed by atoms with Crippen LogP contribution < -0.4 is 0 Å². The zero-order valence-electron chi connectivity index (χ0n) is 14.7. The van der Waals surface area contributed by atoms with Gasteiger partial charge in [-0.05, 0) is 19.4 Å². The van der Waals surface area contributed by atoms with Crippen LogP contribution in [-0.2, 0) is 30.3 Å². The van der Waals surface area contributed by atoms with Crippen LogP contribution in [0.2, 0.25) is 0 Å². The number of fused-ring (bicyclic) bond motifs is 1. The van der Waals surface area contributed by atoms with Crippen LogP contribution in [0, 0.1) is 0 Å². The summed E-state index contributed by atoms with van der Waals surface area (Å²) in [4.78, 5) is 0. The van der Waals surface area contributed by atoms with Gasteiger partial charge in [0.25, 0.3) is 0 Å². The van der Waals surface area contributed by atoms with E-state index in [-0.39, 0.29) is 6.61 Å². The topological polar surface area (TPSA) is 66.4 Å². The average Bonchev–Trinajstić information content (AvgIpc) is 2.93. The first-order chi connectivity index (χ1) is 12.0. The molecule has 2 aliphatic rings. The van der Waals surface area contributed by atoms with E-state index in [2.05, 4.69) is 6.58 Å². The fraction of sp³-hybridized carbons (Fsp3) is 0.579. The Morgan fingerprint density at radius 1 is 1.20 bits per heavy atom. The molecule has 0 aromatic heterocycles. The van der Waals surface area contributed by atoms with E-state index in [4.69, 9.17) is 23.7 Å². The van der Waals surface area contributed by atoms with Crippen LogP contribution in [0.3, 0.4) is 0 Å². The molecule has 0 aliphatic carbocycles. The van der Waals surface area contributed by atoms with Gasteiger partial charge >= 0.3 is 0 Å². The summed E-state index contributed by atoms with van der Waals surface area (Å²) in [6.45, 7) is 8.33. The maximum atomic E-state index is 10.5. The number of rotatable bonds is 7. The Morgan fingerprint density at radius 3 is 2.64 bits per heavy atom. The molecule has 6 nitrogen and oxygen atoms in total. The molecule has 2 aliphatic heterocycles. The fourth-order valence-electron chi connectivity index (χ4n) is 3.16. The van der Waals surface area contributed by atoms with Crippen molar-refractivity contribution in [2.75, 3.05) is 13.2 Å². The fourth-order valence-corrected chi connectivity index (χ4v) is 3.16. The standard InChI is InChI=1S/C19H26O6/c1-4-10-22-18-15(20)17-16(24-19(2,3)25-17)14(23-18)12-21-11-13-8-6-5-7-9-13/h4-9,14-18,20H,1,10-12H2,2-3H3/t14-,15-,16+,17-,18+/m1/s1. The van der Waals surface area contributed by atoms with Crippen LogP contribution in [0.5, 0.6) is 0 Å². The molecule has 0 amide bonds. The second-order valence-corrected chi connectivity index (χ2v) is 6.72. The number of hydrogen-bond acceptors (Lipinski definition) is 6. The molecule has 1 aromatic rings. The zero-order valence-corrected chi connectivity index (χ0v) is 14.7. The Hall–Kier alpha value is -1.28. The molecule has 0 bridgehead atoms. The van der Waals surface area contributed by atoms with Gasteiger partial charge in [-0.25, -0.2) is 0 Å². The van der Waals surface area contributed by atoms with Crippen molar-refractivity contribution in [3.8, 4) is 0 Å². The molecular weight excluding hydrogens is 324 g/mol. The summed E-state index contributed by atoms with van der Waals surface area (Å²) >= 11 is 0. The molecule has 1 aromatic carbocycles. The van der Waals surface area contributed by atoms with E-state index in [1.165, 1.54) is 0 Å². The molecule has 0 spiro atoms. The van der Waals surface area contributed by atoms with Crippen LogP contribution in [0.25, 0.3) is 0 Å². The normalized spacial score (nSPS) is 33.8. The SMILES string of the molecule is C=CCO[C@H]1O[C@H](COCc2ccccc2)[C@@H]2OC(C)(C)O[C@@H]2[C@H]1O. The molecule has 0 radical (unpaired) electrons. The van der Waals surface area contributed by atoms with Gasteiger partial charge in [-0.1, -0.05) is 36.4 Å². The Labute approximate surface area is 148 Å². The van der Waals surface area contributed by atoms with Crippen molar-refractivity contribution in [3.63, 3.8) is 0 Å². The van der Waals surface area contributed by atoms with Crippen molar-refractivity contribution < 1.29 is 28.8 Å².